The molecule has 1 aliphatic rings. The van der Waals surface area contributed by atoms with Gasteiger partial charge < -0.3 is 14.2 Å². The molecule has 0 radical (unpaired) electrons. The number of hydrogen-bond donors (Lipinski definition) is 0. The van der Waals surface area contributed by atoms with Crippen molar-refractivity contribution < 1.29 is 4.74 Å². The monoisotopic (exact) mass is 650 g/mol. The highest BCUT2D eigenvalue weighted by Crippen LogP contribution is 2.50. The second kappa shape index (κ2) is 10.8. The number of hydrogen-bond acceptors (Lipinski definition) is 2. The van der Waals surface area contributed by atoms with Crippen LogP contribution in [0.1, 0.15) is 0 Å². The molecule has 0 N–H and O–H groups in total. The largest absolute Gasteiger partial charge is 0.456 e. The molecule has 0 bridgehead atoms. The van der Waals surface area contributed by atoms with Crippen molar-refractivity contribution in [1.29, 1.82) is 0 Å². The molecule has 0 aliphatic carbocycles. The number of benzene rings is 9. The Morgan fingerprint density at radius 2 is 1.06 bits per heavy atom. The molecule has 0 saturated heterocycles. The van der Waals surface area contributed by atoms with Crippen molar-refractivity contribution in [3.63, 3.8) is 0 Å². The zero-order chi connectivity index (χ0) is 33.5. The highest BCUT2D eigenvalue weighted by Gasteiger charge is 2.24. The molecular weight excluding hydrogens is 621 g/mol. The molecule has 11 rings (SSSR count). The van der Waals surface area contributed by atoms with Crippen LogP contribution in [0.2, 0.25) is 0 Å². The first-order valence-electron chi connectivity index (χ1n) is 17.4. The van der Waals surface area contributed by atoms with E-state index >= 15 is 0 Å². The molecule has 1 aromatic heterocycles. The second-order valence-corrected chi connectivity index (χ2v) is 13.3. The van der Waals surface area contributed by atoms with E-state index in [2.05, 4.69) is 191 Å². The summed E-state index contributed by atoms with van der Waals surface area (Å²) in [5.41, 5.74) is 9.05. The van der Waals surface area contributed by atoms with Gasteiger partial charge in [-0.3, -0.25) is 0 Å². The molecule has 0 unspecified atom stereocenters. The Bertz CT molecular complexity index is 3010. The summed E-state index contributed by atoms with van der Waals surface area (Å²) in [4.78, 5) is 2.41. The number of ether oxygens (including phenoxy) is 1. The number of aromatic nitrogens is 1. The van der Waals surface area contributed by atoms with E-state index in [1.54, 1.807) is 0 Å². The van der Waals surface area contributed by atoms with E-state index in [0.717, 1.165) is 45.2 Å². The lowest BCUT2D eigenvalue weighted by Gasteiger charge is -2.29. The minimum Gasteiger partial charge on any atom is -0.456 e. The Hall–Kier alpha value is -6.84. The van der Waals surface area contributed by atoms with Gasteiger partial charge in [0.1, 0.15) is 11.5 Å². The average Bonchev–Trinajstić information content (AvgIpc) is 3.52. The number of nitrogens with zero attached hydrogens (tertiary/aromatic N) is 2. The number of rotatable bonds is 4. The molecule has 0 amide bonds. The lowest BCUT2D eigenvalue weighted by molar-refractivity contribution is 0.487. The van der Waals surface area contributed by atoms with Crippen molar-refractivity contribution in [2.45, 2.75) is 0 Å². The van der Waals surface area contributed by atoms with Crippen LogP contribution in [0.15, 0.2) is 182 Å². The fourth-order valence-corrected chi connectivity index (χ4v) is 8.29. The standard InChI is InChI=1S/C48H30N2O/c1-2-15-33(16-3-1)50-43-22-9-8-20-39(43)42-29-34(25-27-44(42)50)49(45-28-32-12-4-5-17-36(32)37-18-6-7-19-38(37)45)35-24-26-40-41-21-10-13-31-14-11-23-46(48(31)41)51-47(40)30-35/h1-30H. The van der Waals surface area contributed by atoms with Crippen molar-refractivity contribution in [2.24, 2.45) is 0 Å². The van der Waals surface area contributed by atoms with Gasteiger partial charge in [-0.2, -0.15) is 0 Å². The molecule has 0 spiro atoms. The highest BCUT2D eigenvalue weighted by atomic mass is 16.5. The van der Waals surface area contributed by atoms with E-state index in [9.17, 15) is 0 Å². The number of fused-ring (bicyclic) bond motifs is 8. The first-order valence-corrected chi connectivity index (χ1v) is 17.4. The van der Waals surface area contributed by atoms with Crippen LogP contribution in [0.5, 0.6) is 11.5 Å². The Balaban J connectivity index is 1.19. The first-order chi connectivity index (χ1) is 25.3. The van der Waals surface area contributed by atoms with E-state index in [0.29, 0.717) is 0 Å². The molecule has 2 heterocycles. The summed E-state index contributed by atoms with van der Waals surface area (Å²) in [5, 5.41) is 9.65. The summed E-state index contributed by atoms with van der Waals surface area (Å²) in [6.07, 6.45) is 0. The smallest absolute Gasteiger partial charge is 0.137 e. The molecular formula is C48H30N2O. The first kappa shape index (κ1) is 28.0. The highest BCUT2D eigenvalue weighted by molar-refractivity contribution is 6.16. The zero-order valence-corrected chi connectivity index (χ0v) is 27.6. The third-order valence-electron chi connectivity index (χ3n) is 10.5. The molecule has 3 heteroatoms. The number of para-hydroxylation sites is 2. The van der Waals surface area contributed by atoms with Gasteiger partial charge in [-0.15, -0.1) is 0 Å². The van der Waals surface area contributed by atoms with Crippen molar-refractivity contribution in [3.05, 3.63) is 182 Å². The summed E-state index contributed by atoms with van der Waals surface area (Å²) < 4.78 is 9.09. The fraction of sp³-hybridized carbons (Fsp3) is 0. The summed E-state index contributed by atoms with van der Waals surface area (Å²) in [5.74, 6) is 1.75. The topological polar surface area (TPSA) is 17.4 Å². The number of anilines is 3. The second-order valence-electron chi connectivity index (χ2n) is 13.3. The van der Waals surface area contributed by atoms with E-state index < -0.39 is 0 Å². The molecule has 238 valence electrons. The molecule has 0 atom stereocenters. The zero-order valence-electron chi connectivity index (χ0n) is 27.6. The van der Waals surface area contributed by atoms with Gasteiger partial charge >= 0.3 is 0 Å². The Kier molecular flexibility index (Phi) is 5.96. The van der Waals surface area contributed by atoms with Gasteiger partial charge in [-0.25, -0.2) is 0 Å². The van der Waals surface area contributed by atoms with Crippen molar-refractivity contribution in [2.75, 3.05) is 4.90 Å². The maximum Gasteiger partial charge on any atom is 0.137 e. The van der Waals surface area contributed by atoms with Crippen LogP contribution >= 0.6 is 0 Å². The SMILES string of the molecule is c1ccc(-n2c3ccccc3c3cc(N(c4ccc5c(c4)Oc4cccc6cccc-5c46)c4cc5ccccc5c5ccccc45)ccc32)cc1. The third-order valence-corrected chi connectivity index (χ3v) is 10.5. The van der Waals surface area contributed by atoms with Crippen molar-refractivity contribution in [1.82, 2.24) is 4.57 Å². The summed E-state index contributed by atoms with van der Waals surface area (Å²) in [6, 6.07) is 65.5. The van der Waals surface area contributed by atoms with Gasteiger partial charge in [-0.1, -0.05) is 115 Å². The van der Waals surface area contributed by atoms with Crippen LogP contribution in [-0.4, -0.2) is 4.57 Å². The lowest BCUT2D eigenvalue weighted by Crippen LogP contribution is -2.11. The maximum atomic E-state index is 6.72. The maximum absolute atomic E-state index is 6.72. The summed E-state index contributed by atoms with van der Waals surface area (Å²) in [6.45, 7) is 0. The van der Waals surface area contributed by atoms with Crippen LogP contribution < -0.4 is 9.64 Å². The fourth-order valence-electron chi connectivity index (χ4n) is 8.29. The van der Waals surface area contributed by atoms with Gasteiger partial charge in [0.25, 0.3) is 0 Å². The van der Waals surface area contributed by atoms with Crippen LogP contribution in [-0.2, 0) is 0 Å². The molecule has 1 aliphatic heterocycles. The molecule has 10 aromatic rings. The average molecular weight is 651 g/mol. The Morgan fingerprint density at radius 3 is 1.94 bits per heavy atom. The van der Waals surface area contributed by atoms with Crippen LogP contribution in [0.3, 0.4) is 0 Å². The minimum absolute atomic E-state index is 0.857. The van der Waals surface area contributed by atoms with Gasteiger partial charge in [0.2, 0.25) is 0 Å². The van der Waals surface area contributed by atoms with Gasteiger partial charge in [0, 0.05) is 50.2 Å². The molecule has 51 heavy (non-hydrogen) atoms. The molecule has 0 fully saturated rings. The Morgan fingerprint density at radius 1 is 0.392 bits per heavy atom. The predicted octanol–water partition coefficient (Wildman–Crippen LogP) is 13.5. The van der Waals surface area contributed by atoms with Crippen molar-refractivity contribution in [3.8, 4) is 28.3 Å². The van der Waals surface area contributed by atoms with Crippen LogP contribution in [0.4, 0.5) is 17.1 Å². The summed E-state index contributed by atoms with van der Waals surface area (Å²) in [7, 11) is 0. The van der Waals surface area contributed by atoms with Crippen LogP contribution in [0.25, 0.3) is 70.9 Å². The summed E-state index contributed by atoms with van der Waals surface area (Å²) >= 11 is 0. The normalized spacial score (nSPS) is 12.1. The minimum atomic E-state index is 0.857. The van der Waals surface area contributed by atoms with E-state index in [1.807, 2.05) is 0 Å². The van der Waals surface area contributed by atoms with Crippen molar-refractivity contribution >= 4 is 71.2 Å². The van der Waals surface area contributed by atoms with Gasteiger partial charge in [0.05, 0.1) is 16.7 Å². The van der Waals surface area contributed by atoms with Crippen LogP contribution in [0, 0.1) is 0 Å². The van der Waals surface area contributed by atoms with E-state index in [-0.39, 0.29) is 0 Å². The molecule has 0 saturated carbocycles. The molecule has 3 nitrogen and oxygen atoms in total. The predicted molar refractivity (Wildman–Crippen MR) is 213 cm³/mol. The van der Waals surface area contributed by atoms with Gasteiger partial charge in [0.15, 0.2) is 0 Å². The third kappa shape index (κ3) is 4.19. The quantitative estimate of drug-likeness (QED) is 0.176. The van der Waals surface area contributed by atoms with E-state index in [4.69, 9.17) is 4.74 Å². The molecule has 9 aromatic carbocycles. The van der Waals surface area contributed by atoms with Gasteiger partial charge in [-0.05, 0) is 87.8 Å². The van der Waals surface area contributed by atoms with E-state index in [1.165, 1.54) is 54.3 Å². The Labute approximate surface area is 294 Å². The lowest BCUT2D eigenvalue weighted by atomic mass is 9.94.